The van der Waals surface area contributed by atoms with Crippen LogP contribution in [0.25, 0.3) is 44.6 Å². The Hall–Kier alpha value is -5.73. The zero-order chi connectivity index (χ0) is 41.5. The molecule has 4 aromatic heterocycles. The second kappa shape index (κ2) is 16.1. The van der Waals surface area contributed by atoms with Crippen molar-refractivity contribution in [2.45, 2.75) is 78.3 Å². The van der Waals surface area contributed by atoms with Crippen molar-refractivity contribution in [3.63, 3.8) is 0 Å². The Morgan fingerprint density at radius 3 is 1.54 bits per heavy atom. The summed E-state index contributed by atoms with van der Waals surface area (Å²) >= 11 is 6.31. The summed E-state index contributed by atoms with van der Waals surface area (Å²) in [4.78, 5) is 52.6. The number of carbonyl (C=O) groups is 2. The molecule has 0 aliphatic carbocycles. The maximum Gasteiger partial charge on any atom is 0.253 e. The minimum Gasteiger partial charge on any atom is -0.363 e. The van der Waals surface area contributed by atoms with E-state index in [0.29, 0.717) is 35.1 Å². The van der Waals surface area contributed by atoms with Gasteiger partial charge in [0.2, 0.25) is 0 Å². The van der Waals surface area contributed by atoms with Crippen LogP contribution in [0, 0.1) is 0 Å². The van der Waals surface area contributed by atoms with Crippen LogP contribution in [0.4, 0.5) is 17.5 Å². The van der Waals surface area contributed by atoms with Crippen molar-refractivity contribution in [2.24, 2.45) is 0 Å². The Morgan fingerprint density at radius 2 is 1.10 bits per heavy atom. The zero-order valence-corrected chi connectivity index (χ0v) is 35.4. The van der Waals surface area contributed by atoms with Gasteiger partial charge in [-0.1, -0.05) is 35.9 Å². The fraction of sp³-hybridized carbons (Fsp3) is 0.409. The molecule has 2 saturated heterocycles. The summed E-state index contributed by atoms with van der Waals surface area (Å²) in [5.41, 5.74) is 9.81. The molecule has 0 unspecified atom stereocenters. The highest BCUT2D eigenvalue weighted by atomic mass is 35.5. The molecule has 4 aliphatic heterocycles. The Bertz CT molecular complexity index is 2540. The van der Waals surface area contributed by atoms with E-state index in [1.165, 1.54) is 25.9 Å². The molecule has 59 heavy (non-hydrogen) atoms. The Balaban J connectivity index is 0.000000150. The Morgan fingerprint density at radius 1 is 0.627 bits per heavy atom. The molecule has 0 atom stereocenters. The predicted molar refractivity (Wildman–Crippen MR) is 237 cm³/mol. The first-order chi connectivity index (χ1) is 28.2. The number of hydrogen-bond acceptors (Lipinski definition) is 10. The van der Waals surface area contributed by atoms with Crippen molar-refractivity contribution in [3.05, 3.63) is 76.2 Å². The Kier molecular flexibility index (Phi) is 11.0. The van der Waals surface area contributed by atoms with Gasteiger partial charge in [-0.05, 0) is 91.7 Å². The molecule has 8 heterocycles. The Labute approximate surface area is 349 Å². The summed E-state index contributed by atoms with van der Waals surface area (Å²) in [5.74, 6) is 2.22. The molecule has 0 spiro atoms. The number of rotatable bonds is 5. The van der Waals surface area contributed by atoms with Crippen LogP contribution in [0.3, 0.4) is 0 Å². The van der Waals surface area contributed by atoms with Crippen molar-refractivity contribution in [3.8, 4) is 22.5 Å². The van der Waals surface area contributed by atoms with E-state index in [-0.39, 0.29) is 22.9 Å². The fourth-order valence-electron chi connectivity index (χ4n) is 7.23. The van der Waals surface area contributed by atoms with Crippen LogP contribution >= 0.6 is 11.6 Å². The lowest BCUT2D eigenvalue weighted by Gasteiger charge is -2.34. The molecular weight excluding hydrogens is 764 g/mol. The molecular formula is C44H53ClN12O2. The third kappa shape index (κ3) is 8.84. The minimum atomic E-state index is -0.190. The average Bonchev–Trinajstić information content (AvgIpc) is 3.76. The van der Waals surface area contributed by atoms with Gasteiger partial charge in [0.25, 0.3) is 11.8 Å². The largest absolute Gasteiger partial charge is 0.363 e. The molecule has 0 saturated carbocycles. The number of carbonyl (C=O) groups excluding carboxylic acids is 2. The van der Waals surface area contributed by atoms with E-state index in [1.54, 1.807) is 0 Å². The van der Waals surface area contributed by atoms with Crippen LogP contribution in [0.5, 0.6) is 0 Å². The third-order valence-corrected chi connectivity index (χ3v) is 10.6. The maximum absolute atomic E-state index is 12.2. The van der Waals surface area contributed by atoms with Crippen LogP contribution in [0.1, 0.15) is 86.5 Å². The van der Waals surface area contributed by atoms with Gasteiger partial charge in [-0.3, -0.25) is 9.59 Å². The first-order valence-electron chi connectivity index (χ1n) is 20.5. The highest BCUT2D eigenvalue weighted by Gasteiger charge is 2.26. The normalized spacial score (nSPS) is 15.9. The second-order valence-electron chi connectivity index (χ2n) is 17.5. The van der Waals surface area contributed by atoms with E-state index < -0.39 is 0 Å². The van der Waals surface area contributed by atoms with Crippen LogP contribution in [-0.2, 0) is 12.8 Å². The molecule has 10 rings (SSSR count). The number of benzene rings is 2. The summed E-state index contributed by atoms with van der Waals surface area (Å²) in [7, 11) is 0. The number of aromatic amines is 2. The van der Waals surface area contributed by atoms with E-state index in [0.717, 1.165) is 93.6 Å². The molecule has 15 heteroatoms. The summed E-state index contributed by atoms with van der Waals surface area (Å²) < 4.78 is 0. The van der Waals surface area contributed by atoms with Gasteiger partial charge in [-0.25, -0.2) is 19.9 Å². The molecule has 14 nitrogen and oxygen atoms in total. The van der Waals surface area contributed by atoms with E-state index in [9.17, 15) is 9.59 Å². The summed E-state index contributed by atoms with van der Waals surface area (Å²) in [6, 6.07) is 15.6. The number of aromatic nitrogens is 6. The molecule has 308 valence electrons. The van der Waals surface area contributed by atoms with Gasteiger partial charge >= 0.3 is 0 Å². The third-order valence-electron chi connectivity index (χ3n) is 10.4. The number of hydrogen-bond donors (Lipinski definition) is 7. The molecule has 0 bridgehead atoms. The number of halogens is 1. The van der Waals surface area contributed by atoms with Crippen molar-refractivity contribution >= 4 is 62.9 Å². The van der Waals surface area contributed by atoms with Gasteiger partial charge in [0, 0.05) is 84.0 Å². The quantitative estimate of drug-likeness (QED) is 0.0950. The van der Waals surface area contributed by atoms with Crippen molar-refractivity contribution in [1.29, 1.82) is 0 Å². The predicted octanol–water partition coefficient (Wildman–Crippen LogP) is 7.09. The zero-order valence-electron chi connectivity index (χ0n) is 34.6. The van der Waals surface area contributed by atoms with Crippen LogP contribution in [-0.4, -0.2) is 92.1 Å². The van der Waals surface area contributed by atoms with Gasteiger partial charge in [-0.2, -0.15) is 0 Å². The van der Waals surface area contributed by atoms with Crippen LogP contribution in [0.15, 0.2) is 48.5 Å². The number of para-hydroxylation sites is 2. The van der Waals surface area contributed by atoms with E-state index >= 15 is 0 Å². The number of nitrogens with one attached hydrogen (secondary N) is 7. The highest BCUT2D eigenvalue weighted by molar-refractivity contribution is 6.32. The number of amides is 2. The van der Waals surface area contributed by atoms with Crippen LogP contribution in [0.2, 0.25) is 5.15 Å². The molecule has 6 aromatic rings. The van der Waals surface area contributed by atoms with E-state index in [2.05, 4.69) is 67.2 Å². The number of anilines is 3. The van der Waals surface area contributed by atoms with Gasteiger partial charge in [0.15, 0.2) is 22.6 Å². The topological polar surface area (TPSA) is 181 Å². The SMILES string of the molecule is C1CNC1.CC(C)(C)Nc1nc2c(-c3cc4c([nH]3)CCNC4=O)cccc2nc1Cl.CC(C)(C)Nc1nc2c(-c3cc4c([nH]3)CCNC4=O)cccc2nc1N1CCC1. The van der Waals surface area contributed by atoms with Crippen molar-refractivity contribution < 1.29 is 9.59 Å². The monoisotopic (exact) mass is 816 g/mol. The van der Waals surface area contributed by atoms with Crippen molar-refractivity contribution in [2.75, 3.05) is 54.8 Å². The number of fused-ring (bicyclic) bond motifs is 4. The lowest BCUT2D eigenvalue weighted by atomic mass is 10.1. The minimum absolute atomic E-state index is 0.0183. The average molecular weight is 817 g/mol. The first kappa shape index (κ1) is 40.1. The molecule has 2 fully saturated rings. The standard InChI is InChI=1S/C22H26N6O.C19H20ClN5O.C3H7N/c1-22(2,3)27-19-20(28-10-5-11-28)25-16-7-4-6-13(18(16)26-19)17-12-14-15(24-17)8-9-23-21(14)29;1-19(2,3)25-17-16(20)23-13-6-4-5-10(15(13)24-17)14-9-11-12(22-14)7-8-21-18(11)26;1-2-4-3-1/h4,6-7,12,24H,5,8-11H2,1-3H3,(H,23,29)(H,26,27);4-6,9,22H,7-8H2,1-3H3,(H,21,26)(H,24,25);4H,1-3H2. The van der Waals surface area contributed by atoms with Crippen LogP contribution < -0.4 is 31.5 Å². The smallest absolute Gasteiger partial charge is 0.253 e. The molecule has 2 aromatic carbocycles. The summed E-state index contributed by atoms with van der Waals surface area (Å²) in [6.45, 7) is 18.3. The first-order valence-corrected chi connectivity index (χ1v) is 20.9. The van der Waals surface area contributed by atoms with Gasteiger partial charge < -0.3 is 41.5 Å². The van der Waals surface area contributed by atoms with E-state index in [4.69, 9.17) is 26.6 Å². The van der Waals surface area contributed by atoms with Crippen molar-refractivity contribution in [1.82, 2.24) is 45.9 Å². The molecule has 7 N–H and O–H groups in total. The number of H-pyrrole nitrogens is 2. The fourth-order valence-corrected chi connectivity index (χ4v) is 7.41. The van der Waals surface area contributed by atoms with Gasteiger partial charge in [-0.15, -0.1) is 0 Å². The molecule has 2 amide bonds. The summed E-state index contributed by atoms with van der Waals surface area (Å²) in [6.07, 6.45) is 4.18. The van der Waals surface area contributed by atoms with Gasteiger partial charge in [0.1, 0.15) is 11.0 Å². The van der Waals surface area contributed by atoms with E-state index in [1.807, 2.05) is 69.3 Å². The maximum atomic E-state index is 12.2. The second-order valence-corrected chi connectivity index (χ2v) is 17.8. The number of nitrogens with zero attached hydrogens (tertiary/aromatic N) is 5. The molecule has 4 aliphatic rings. The highest BCUT2D eigenvalue weighted by Crippen LogP contribution is 2.35. The molecule has 0 radical (unpaired) electrons. The summed E-state index contributed by atoms with van der Waals surface area (Å²) in [5, 5.41) is 16.1. The van der Waals surface area contributed by atoms with Gasteiger partial charge in [0.05, 0.1) is 22.2 Å². The lowest BCUT2D eigenvalue weighted by Crippen LogP contribution is -2.39. The lowest BCUT2D eigenvalue weighted by molar-refractivity contribution is 0.0937.